The van der Waals surface area contributed by atoms with E-state index in [2.05, 4.69) is 4.98 Å². The Morgan fingerprint density at radius 2 is 2.04 bits per heavy atom. The number of rotatable bonds is 4. The smallest absolute Gasteiger partial charge is 0.258 e. The monoisotopic (exact) mass is 437 g/mol. The van der Waals surface area contributed by atoms with Crippen molar-refractivity contribution in [2.45, 2.75) is 23.7 Å². The number of hydrogen-bond donors (Lipinski definition) is 0. The van der Waals surface area contributed by atoms with Crippen molar-refractivity contribution >= 4 is 48.9 Å². The third kappa shape index (κ3) is 3.50. The van der Waals surface area contributed by atoms with E-state index in [1.54, 1.807) is 11.3 Å². The SMILES string of the molecule is O=[N+]([O-])c1cc(S(=O)(=O)N2CCC[C@H](c3nc4ccccc4s3)C2)ccc1Cl. The highest BCUT2D eigenvalue weighted by Gasteiger charge is 2.33. The normalized spacial score (nSPS) is 18.4. The fraction of sp³-hybridized carbons (Fsp3) is 0.278. The minimum atomic E-state index is -3.86. The lowest BCUT2D eigenvalue weighted by atomic mass is 10.0. The van der Waals surface area contributed by atoms with Crippen LogP contribution < -0.4 is 0 Å². The van der Waals surface area contributed by atoms with Crippen molar-refractivity contribution in [2.75, 3.05) is 13.1 Å². The fourth-order valence-electron chi connectivity index (χ4n) is 3.37. The molecule has 0 aliphatic carbocycles. The highest BCUT2D eigenvalue weighted by molar-refractivity contribution is 7.89. The van der Waals surface area contributed by atoms with Gasteiger partial charge in [0.15, 0.2) is 0 Å². The third-order valence-electron chi connectivity index (χ3n) is 4.80. The van der Waals surface area contributed by atoms with Crippen molar-refractivity contribution in [3.8, 4) is 0 Å². The third-order valence-corrected chi connectivity index (χ3v) is 8.18. The quantitative estimate of drug-likeness (QED) is 0.444. The van der Waals surface area contributed by atoms with Crippen molar-refractivity contribution in [1.29, 1.82) is 0 Å². The van der Waals surface area contributed by atoms with Gasteiger partial charge >= 0.3 is 0 Å². The number of nitro groups is 1. The van der Waals surface area contributed by atoms with Crippen LogP contribution in [-0.4, -0.2) is 35.7 Å². The van der Waals surface area contributed by atoms with Crippen LogP contribution in [0.3, 0.4) is 0 Å². The molecular formula is C18H16ClN3O4S2. The van der Waals surface area contributed by atoms with Crippen LogP contribution in [0.1, 0.15) is 23.8 Å². The van der Waals surface area contributed by atoms with Gasteiger partial charge in [0.25, 0.3) is 5.69 Å². The van der Waals surface area contributed by atoms with Gasteiger partial charge in [-0.1, -0.05) is 23.7 Å². The summed E-state index contributed by atoms with van der Waals surface area (Å²) in [5.74, 6) is 0.00297. The highest BCUT2D eigenvalue weighted by Crippen LogP contribution is 2.35. The average molecular weight is 438 g/mol. The Morgan fingerprint density at radius 3 is 2.79 bits per heavy atom. The summed E-state index contributed by atoms with van der Waals surface area (Å²) in [6.07, 6.45) is 1.56. The second-order valence-electron chi connectivity index (χ2n) is 6.59. The van der Waals surface area contributed by atoms with Crippen molar-refractivity contribution in [1.82, 2.24) is 9.29 Å². The fourth-order valence-corrected chi connectivity index (χ4v) is 6.19. The van der Waals surface area contributed by atoms with Crippen LogP contribution >= 0.6 is 22.9 Å². The van der Waals surface area contributed by atoms with Crippen LogP contribution in [-0.2, 0) is 10.0 Å². The van der Waals surface area contributed by atoms with E-state index < -0.39 is 20.6 Å². The molecule has 7 nitrogen and oxygen atoms in total. The molecule has 1 aliphatic rings. The van der Waals surface area contributed by atoms with Gasteiger partial charge in [0.1, 0.15) is 5.02 Å². The number of fused-ring (bicyclic) bond motifs is 1. The topological polar surface area (TPSA) is 93.4 Å². The van der Waals surface area contributed by atoms with Crippen LogP contribution in [0.5, 0.6) is 0 Å². The molecule has 4 rings (SSSR count). The Balaban J connectivity index is 1.63. The zero-order valence-corrected chi connectivity index (χ0v) is 17.0. The first-order valence-corrected chi connectivity index (χ1v) is 11.3. The van der Waals surface area contributed by atoms with Crippen LogP contribution in [0.15, 0.2) is 47.4 Å². The van der Waals surface area contributed by atoms with E-state index in [1.807, 2.05) is 24.3 Å². The van der Waals surface area contributed by atoms with Crippen LogP contribution in [0.4, 0.5) is 5.69 Å². The lowest BCUT2D eigenvalue weighted by molar-refractivity contribution is -0.384. The minimum absolute atomic E-state index is 0.00297. The van der Waals surface area contributed by atoms with Gasteiger partial charge in [-0.05, 0) is 37.1 Å². The van der Waals surface area contributed by atoms with E-state index in [-0.39, 0.29) is 15.8 Å². The molecule has 10 heteroatoms. The van der Waals surface area contributed by atoms with Crippen LogP contribution in [0, 0.1) is 10.1 Å². The minimum Gasteiger partial charge on any atom is -0.258 e. The molecule has 3 aromatic rings. The number of piperidine rings is 1. The van der Waals surface area contributed by atoms with Crippen LogP contribution in [0.2, 0.25) is 5.02 Å². The van der Waals surface area contributed by atoms with Gasteiger partial charge in [0.05, 0.1) is 25.0 Å². The number of halogens is 1. The molecule has 2 aromatic carbocycles. The molecule has 2 heterocycles. The van der Waals surface area contributed by atoms with Gasteiger partial charge in [-0.15, -0.1) is 11.3 Å². The number of benzene rings is 2. The summed E-state index contributed by atoms with van der Waals surface area (Å²) in [5, 5.41) is 11.9. The molecule has 0 saturated carbocycles. The molecule has 0 spiro atoms. The number of nitro benzene ring substituents is 1. The summed E-state index contributed by atoms with van der Waals surface area (Å²) >= 11 is 7.39. The zero-order valence-electron chi connectivity index (χ0n) is 14.6. The summed E-state index contributed by atoms with van der Waals surface area (Å²) in [7, 11) is -3.86. The maximum absolute atomic E-state index is 13.1. The van der Waals surface area contributed by atoms with E-state index in [9.17, 15) is 18.5 Å². The average Bonchev–Trinajstić information content (AvgIpc) is 3.12. The molecular weight excluding hydrogens is 422 g/mol. The number of sulfonamides is 1. The van der Waals surface area contributed by atoms with Gasteiger partial charge in [0, 0.05) is 25.1 Å². The molecule has 1 saturated heterocycles. The maximum atomic E-state index is 13.1. The van der Waals surface area contributed by atoms with E-state index in [0.29, 0.717) is 19.5 Å². The predicted molar refractivity (Wildman–Crippen MR) is 108 cm³/mol. The molecule has 1 aromatic heterocycles. The Morgan fingerprint density at radius 1 is 1.25 bits per heavy atom. The molecule has 146 valence electrons. The molecule has 0 amide bonds. The first-order chi connectivity index (χ1) is 13.4. The maximum Gasteiger partial charge on any atom is 0.289 e. The summed E-state index contributed by atoms with van der Waals surface area (Å²) in [4.78, 5) is 15.0. The Labute approximate surface area is 170 Å². The highest BCUT2D eigenvalue weighted by atomic mass is 35.5. The second-order valence-corrected chi connectivity index (χ2v) is 10.00. The number of thiazole rings is 1. The first kappa shape index (κ1) is 19.3. The van der Waals surface area contributed by atoms with Gasteiger partial charge in [-0.2, -0.15) is 4.31 Å². The van der Waals surface area contributed by atoms with E-state index in [0.717, 1.165) is 27.7 Å². The van der Waals surface area contributed by atoms with E-state index >= 15 is 0 Å². The lowest BCUT2D eigenvalue weighted by Crippen LogP contribution is -2.39. The Bertz CT molecular complexity index is 1130. The number of hydrogen-bond acceptors (Lipinski definition) is 6. The molecule has 1 atom stereocenters. The van der Waals surface area contributed by atoms with Gasteiger partial charge in [0.2, 0.25) is 10.0 Å². The lowest BCUT2D eigenvalue weighted by Gasteiger charge is -2.30. The largest absolute Gasteiger partial charge is 0.289 e. The molecule has 0 bridgehead atoms. The van der Waals surface area contributed by atoms with Crippen molar-refractivity contribution in [3.63, 3.8) is 0 Å². The summed E-state index contributed by atoms with van der Waals surface area (Å²) in [6.45, 7) is 0.679. The molecule has 28 heavy (non-hydrogen) atoms. The van der Waals surface area contributed by atoms with E-state index in [4.69, 9.17) is 11.6 Å². The molecule has 0 unspecified atom stereocenters. The predicted octanol–water partition coefficient (Wildman–Crippen LogP) is 4.43. The number of nitrogens with zero attached hydrogens (tertiary/aromatic N) is 3. The molecule has 0 radical (unpaired) electrons. The van der Waals surface area contributed by atoms with Crippen molar-refractivity contribution in [2.24, 2.45) is 0 Å². The van der Waals surface area contributed by atoms with Gasteiger partial charge in [-0.25, -0.2) is 13.4 Å². The number of para-hydroxylation sites is 1. The molecule has 1 aliphatic heterocycles. The summed E-state index contributed by atoms with van der Waals surface area (Å²) in [6, 6.07) is 11.4. The summed E-state index contributed by atoms with van der Waals surface area (Å²) in [5.41, 5.74) is 0.498. The van der Waals surface area contributed by atoms with Crippen molar-refractivity contribution in [3.05, 3.63) is 62.6 Å². The first-order valence-electron chi connectivity index (χ1n) is 8.66. The van der Waals surface area contributed by atoms with Crippen molar-refractivity contribution < 1.29 is 13.3 Å². The Kier molecular flexibility index (Phi) is 5.09. The summed E-state index contributed by atoms with van der Waals surface area (Å²) < 4.78 is 28.6. The molecule has 0 N–H and O–H groups in total. The Hall–Kier alpha value is -2.07. The van der Waals surface area contributed by atoms with E-state index in [1.165, 1.54) is 16.4 Å². The van der Waals surface area contributed by atoms with Gasteiger partial charge in [-0.3, -0.25) is 10.1 Å². The molecule has 1 fully saturated rings. The zero-order chi connectivity index (χ0) is 19.9. The standard InChI is InChI=1S/C18H16ClN3O4S2/c19-14-8-7-13(10-16(14)22(23)24)28(25,26)21-9-3-4-12(11-21)18-20-15-5-1-2-6-17(15)27-18/h1-2,5-8,10,12H,3-4,9,11H2/t12-/m0/s1. The van der Waals surface area contributed by atoms with Gasteiger partial charge < -0.3 is 0 Å². The second kappa shape index (κ2) is 7.40. The van der Waals surface area contributed by atoms with Crippen LogP contribution in [0.25, 0.3) is 10.2 Å². The number of aromatic nitrogens is 1.